The number of carboxylic acid groups (broad SMARTS) is 1. The third-order valence-corrected chi connectivity index (χ3v) is 3.57. The van der Waals surface area contributed by atoms with Crippen molar-refractivity contribution in [3.8, 4) is 0 Å². The summed E-state index contributed by atoms with van der Waals surface area (Å²) in [5.74, 6) is -2.60. The number of hydrogen-bond donors (Lipinski definition) is 1. The third-order valence-electron chi connectivity index (χ3n) is 2.58. The molecule has 1 aliphatic heterocycles. The van der Waals surface area contributed by atoms with Gasteiger partial charge in [-0.05, 0) is 6.92 Å². The van der Waals surface area contributed by atoms with Gasteiger partial charge in [0.15, 0.2) is 0 Å². The van der Waals surface area contributed by atoms with Crippen LogP contribution in [0.25, 0.3) is 0 Å². The molecule has 22 heavy (non-hydrogen) atoms. The van der Waals surface area contributed by atoms with Gasteiger partial charge in [0, 0.05) is 13.0 Å². The van der Waals surface area contributed by atoms with Crippen LogP contribution < -0.4 is 0 Å². The normalized spacial score (nSPS) is 16.5. The first-order valence-corrected chi connectivity index (χ1v) is 7.28. The standard InChI is InChI=1S/C10H12F3NO7S/c1-2-20-9(17)14-4-3-6(8(15)16)7(5-14)21-22(18,19)10(11,12)13/h2-5H2,1H3,(H,15,16). The molecule has 0 aromatic carbocycles. The molecule has 0 saturated heterocycles. The first-order chi connectivity index (χ1) is 9.99. The minimum absolute atomic E-state index is 0.0120. The van der Waals surface area contributed by atoms with Crippen molar-refractivity contribution in [2.45, 2.75) is 18.9 Å². The highest BCUT2D eigenvalue weighted by atomic mass is 32.2. The number of rotatable bonds is 4. The van der Waals surface area contributed by atoms with Gasteiger partial charge in [0.25, 0.3) is 0 Å². The third kappa shape index (κ3) is 4.02. The van der Waals surface area contributed by atoms with E-state index in [2.05, 4.69) is 8.92 Å². The number of carbonyl (C=O) groups excluding carboxylic acids is 1. The van der Waals surface area contributed by atoms with E-state index in [4.69, 9.17) is 5.11 Å². The number of amides is 1. The molecule has 126 valence electrons. The molecule has 0 aliphatic carbocycles. The first kappa shape index (κ1) is 18.1. The van der Waals surface area contributed by atoms with Crippen LogP contribution in [0.1, 0.15) is 13.3 Å². The Kier molecular flexibility index (Phi) is 5.27. The lowest BCUT2D eigenvalue weighted by Gasteiger charge is -2.28. The Hall–Kier alpha value is -1.98. The van der Waals surface area contributed by atoms with Gasteiger partial charge in [-0.25, -0.2) is 9.59 Å². The van der Waals surface area contributed by atoms with E-state index in [9.17, 15) is 31.2 Å². The Morgan fingerprint density at radius 3 is 2.41 bits per heavy atom. The van der Waals surface area contributed by atoms with Crippen molar-refractivity contribution >= 4 is 22.2 Å². The minimum atomic E-state index is -6.03. The molecule has 1 rings (SSSR count). The van der Waals surface area contributed by atoms with Gasteiger partial charge in [-0.1, -0.05) is 0 Å². The van der Waals surface area contributed by atoms with Crippen LogP contribution in [0.5, 0.6) is 0 Å². The average molecular weight is 347 g/mol. The van der Waals surface area contributed by atoms with Gasteiger partial charge in [0.2, 0.25) is 0 Å². The van der Waals surface area contributed by atoms with E-state index < -0.39 is 45.6 Å². The molecule has 12 heteroatoms. The SMILES string of the molecule is CCOC(=O)N1CCC(C(=O)O)=C(OS(=O)(=O)C(F)(F)F)C1. The zero-order valence-corrected chi connectivity index (χ0v) is 12.0. The summed E-state index contributed by atoms with van der Waals surface area (Å²) in [5.41, 5.74) is -6.36. The summed E-state index contributed by atoms with van der Waals surface area (Å²) in [5, 5.41) is 8.89. The molecule has 1 aliphatic rings. The molecular weight excluding hydrogens is 335 g/mol. The van der Waals surface area contributed by atoms with E-state index in [1.165, 1.54) is 6.92 Å². The molecule has 0 unspecified atom stereocenters. The predicted molar refractivity (Wildman–Crippen MR) is 63.9 cm³/mol. The number of halogens is 3. The number of aliphatic carboxylic acids is 1. The first-order valence-electron chi connectivity index (χ1n) is 5.87. The van der Waals surface area contributed by atoms with Gasteiger partial charge in [-0.3, -0.25) is 0 Å². The van der Waals surface area contributed by atoms with Crippen molar-refractivity contribution in [1.29, 1.82) is 0 Å². The van der Waals surface area contributed by atoms with E-state index >= 15 is 0 Å². The molecule has 0 atom stereocenters. The van der Waals surface area contributed by atoms with Gasteiger partial charge in [0.1, 0.15) is 5.76 Å². The fourth-order valence-corrected chi connectivity index (χ4v) is 2.10. The molecule has 0 aromatic rings. The summed E-state index contributed by atoms with van der Waals surface area (Å²) in [6, 6.07) is 0. The van der Waals surface area contributed by atoms with Gasteiger partial charge in [-0.15, -0.1) is 0 Å². The number of carbonyl (C=O) groups is 2. The number of carboxylic acids is 1. The lowest BCUT2D eigenvalue weighted by molar-refractivity contribution is -0.133. The van der Waals surface area contributed by atoms with Gasteiger partial charge in [0.05, 0.1) is 18.7 Å². The highest BCUT2D eigenvalue weighted by molar-refractivity contribution is 7.87. The Labute approximate surface area is 123 Å². The molecule has 1 N–H and O–H groups in total. The molecule has 0 spiro atoms. The topological polar surface area (TPSA) is 110 Å². The van der Waals surface area contributed by atoms with E-state index in [0.717, 1.165) is 4.90 Å². The monoisotopic (exact) mass is 347 g/mol. The highest BCUT2D eigenvalue weighted by Crippen LogP contribution is 2.29. The molecule has 0 bridgehead atoms. The van der Waals surface area contributed by atoms with Crippen molar-refractivity contribution in [3.63, 3.8) is 0 Å². The van der Waals surface area contributed by atoms with Crippen molar-refractivity contribution in [1.82, 2.24) is 4.90 Å². The summed E-state index contributed by atoms with van der Waals surface area (Å²) in [7, 11) is -6.03. The molecule has 8 nitrogen and oxygen atoms in total. The second-order valence-electron chi connectivity index (χ2n) is 4.06. The maximum absolute atomic E-state index is 12.3. The Morgan fingerprint density at radius 2 is 1.95 bits per heavy atom. The maximum Gasteiger partial charge on any atom is 0.534 e. The lowest BCUT2D eigenvalue weighted by Crippen LogP contribution is -2.40. The van der Waals surface area contributed by atoms with Crippen LogP contribution in [0.15, 0.2) is 11.3 Å². The molecular formula is C10H12F3NO7S. The van der Waals surface area contributed by atoms with Crippen molar-refractivity contribution in [2.24, 2.45) is 0 Å². The number of hydrogen-bond acceptors (Lipinski definition) is 6. The Morgan fingerprint density at radius 1 is 1.36 bits per heavy atom. The van der Waals surface area contributed by atoms with Gasteiger partial charge >= 0.3 is 27.7 Å². The van der Waals surface area contributed by atoms with Crippen molar-refractivity contribution in [2.75, 3.05) is 19.7 Å². The van der Waals surface area contributed by atoms with Crippen LogP contribution >= 0.6 is 0 Å². The van der Waals surface area contributed by atoms with Gasteiger partial charge in [-0.2, -0.15) is 21.6 Å². The molecule has 0 radical (unpaired) electrons. The molecule has 0 saturated carbocycles. The average Bonchev–Trinajstić information content (AvgIpc) is 2.36. The minimum Gasteiger partial charge on any atom is -0.478 e. The largest absolute Gasteiger partial charge is 0.534 e. The second kappa shape index (κ2) is 6.42. The summed E-state index contributed by atoms with van der Waals surface area (Å²) < 4.78 is 67.4. The molecule has 0 aromatic heterocycles. The zero-order valence-electron chi connectivity index (χ0n) is 11.2. The van der Waals surface area contributed by atoms with Crippen LogP contribution in [0.3, 0.4) is 0 Å². The molecule has 0 fully saturated rings. The van der Waals surface area contributed by atoms with Crippen LogP contribution in [-0.4, -0.2) is 55.7 Å². The fraction of sp³-hybridized carbons (Fsp3) is 0.600. The van der Waals surface area contributed by atoms with Crippen LogP contribution in [0.2, 0.25) is 0 Å². The summed E-state index contributed by atoms with van der Waals surface area (Å²) in [6.07, 6.45) is -1.30. The van der Waals surface area contributed by atoms with E-state index in [1.807, 2.05) is 0 Å². The van der Waals surface area contributed by atoms with E-state index in [1.54, 1.807) is 0 Å². The Balaban J connectivity index is 3.09. The van der Waals surface area contributed by atoms with Crippen molar-refractivity contribution in [3.05, 3.63) is 11.3 Å². The fourth-order valence-electron chi connectivity index (χ4n) is 1.59. The summed E-state index contributed by atoms with van der Waals surface area (Å²) in [6.45, 7) is 0.572. The smallest absolute Gasteiger partial charge is 0.478 e. The number of ether oxygens (including phenoxy) is 1. The maximum atomic E-state index is 12.3. The lowest BCUT2D eigenvalue weighted by atomic mass is 10.1. The van der Waals surface area contributed by atoms with Crippen LogP contribution in [0, 0.1) is 0 Å². The van der Waals surface area contributed by atoms with Crippen molar-refractivity contribution < 1.29 is 45.2 Å². The quantitative estimate of drug-likeness (QED) is 0.598. The second-order valence-corrected chi connectivity index (χ2v) is 5.60. The van der Waals surface area contributed by atoms with Crippen LogP contribution in [0.4, 0.5) is 18.0 Å². The Bertz CT molecular complexity index is 596. The highest BCUT2D eigenvalue weighted by Gasteiger charge is 2.49. The predicted octanol–water partition coefficient (Wildman–Crippen LogP) is 1.05. The number of nitrogens with zero attached hydrogens (tertiary/aromatic N) is 1. The van der Waals surface area contributed by atoms with Gasteiger partial charge < -0.3 is 18.9 Å². The van der Waals surface area contributed by atoms with Crippen LogP contribution in [-0.2, 0) is 23.8 Å². The molecule has 1 heterocycles. The summed E-state index contributed by atoms with van der Waals surface area (Å²) >= 11 is 0. The number of alkyl halides is 3. The van der Waals surface area contributed by atoms with E-state index in [-0.39, 0.29) is 19.6 Å². The van der Waals surface area contributed by atoms with E-state index in [0.29, 0.717) is 0 Å². The summed E-state index contributed by atoms with van der Waals surface area (Å²) in [4.78, 5) is 23.3. The zero-order chi connectivity index (χ0) is 17.1. The molecule has 1 amide bonds.